The number of amides is 2. The van der Waals surface area contributed by atoms with Crippen molar-refractivity contribution in [1.82, 2.24) is 4.90 Å². The van der Waals surface area contributed by atoms with Crippen molar-refractivity contribution >= 4 is 29.1 Å². The van der Waals surface area contributed by atoms with Gasteiger partial charge >= 0.3 is 0 Å². The topological polar surface area (TPSA) is 49.4 Å². The molecule has 0 aliphatic carbocycles. The van der Waals surface area contributed by atoms with Gasteiger partial charge in [-0.3, -0.25) is 9.59 Å². The molecular formula is C18H17ClN2O2. The van der Waals surface area contributed by atoms with Gasteiger partial charge in [-0.05, 0) is 23.8 Å². The summed E-state index contributed by atoms with van der Waals surface area (Å²) in [5.74, 6) is -0.463. The van der Waals surface area contributed by atoms with E-state index in [1.165, 1.54) is 0 Å². The zero-order chi connectivity index (χ0) is 16.2. The van der Waals surface area contributed by atoms with Gasteiger partial charge in [0.05, 0.1) is 5.92 Å². The Bertz CT molecular complexity index is 718. The normalized spacial score (nSPS) is 17.3. The third-order valence-electron chi connectivity index (χ3n) is 3.95. The minimum Gasteiger partial charge on any atom is -0.337 e. The van der Waals surface area contributed by atoms with Gasteiger partial charge in [0.2, 0.25) is 11.8 Å². The van der Waals surface area contributed by atoms with E-state index in [4.69, 9.17) is 11.6 Å². The molecule has 3 rings (SSSR count). The smallest absolute Gasteiger partial charge is 0.229 e. The van der Waals surface area contributed by atoms with Crippen molar-refractivity contribution in [2.24, 2.45) is 5.92 Å². The lowest BCUT2D eigenvalue weighted by molar-refractivity contribution is -0.128. The van der Waals surface area contributed by atoms with Gasteiger partial charge in [0.1, 0.15) is 0 Å². The number of para-hydroxylation sites is 1. The van der Waals surface area contributed by atoms with Crippen LogP contribution in [0.25, 0.3) is 0 Å². The summed E-state index contributed by atoms with van der Waals surface area (Å²) in [5, 5.41) is 3.49. The lowest BCUT2D eigenvalue weighted by atomic mass is 10.1. The lowest BCUT2D eigenvalue weighted by Crippen LogP contribution is -2.28. The highest BCUT2D eigenvalue weighted by Crippen LogP contribution is 2.24. The van der Waals surface area contributed by atoms with Gasteiger partial charge in [-0.15, -0.1) is 0 Å². The van der Waals surface area contributed by atoms with Crippen LogP contribution in [0, 0.1) is 5.92 Å². The Morgan fingerprint density at radius 3 is 2.57 bits per heavy atom. The first-order valence-electron chi connectivity index (χ1n) is 7.50. The van der Waals surface area contributed by atoms with E-state index in [2.05, 4.69) is 5.32 Å². The van der Waals surface area contributed by atoms with Crippen LogP contribution < -0.4 is 5.32 Å². The van der Waals surface area contributed by atoms with Gasteiger partial charge in [-0.2, -0.15) is 0 Å². The molecule has 1 fully saturated rings. The highest BCUT2D eigenvalue weighted by Gasteiger charge is 2.34. The molecule has 1 heterocycles. The predicted molar refractivity (Wildman–Crippen MR) is 90.0 cm³/mol. The molecule has 1 saturated heterocycles. The molecule has 1 unspecified atom stereocenters. The quantitative estimate of drug-likeness (QED) is 0.936. The van der Waals surface area contributed by atoms with Gasteiger partial charge in [0, 0.05) is 30.2 Å². The van der Waals surface area contributed by atoms with Crippen LogP contribution in [-0.2, 0) is 16.1 Å². The molecule has 0 aromatic heterocycles. The molecule has 23 heavy (non-hydrogen) atoms. The Hall–Kier alpha value is -2.33. The average molecular weight is 329 g/mol. The fourth-order valence-corrected chi connectivity index (χ4v) is 2.89. The van der Waals surface area contributed by atoms with E-state index in [1.54, 1.807) is 11.0 Å². The van der Waals surface area contributed by atoms with E-state index < -0.39 is 0 Å². The molecule has 2 aromatic rings. The van der Waals surface area contributed by atoms with Gasteiger partial charge < -0.3 is 10.2 Å². The summed E-state index contributed by atoms with van der Waals surface area (Å²) in [6.07, 6.45) is 0.239. The molecule has 1 N–H and O–H groups in total. The summed E-state index contributed by atoms with van der Waals surface area (Å²) < 4.78 is 0. The number of rotatable bonds is 4. The van der Waals surface area contributed by atoms with Gasteiger partial charge in [0.15, 0.2) is 0 Å². The Morgan fingerprint density at radius 1 is 1.13 bits per heavy atom. The maximum atomic E-state index is 12.3. The highest BCUT2D eigenvalue weighted by molar-refractivity contribution is 6.31. The van der Waals surface area contributed by atoms with Crippen molar-refractivity contribution in [1.29, 1.82) is 0 Å². The van der Waals surface area contributed by atoms with E-state index in [-0.39, 0.29) is 24.2 Å². The van der Waals surface area contributed by atoms with Crippen molar-refractivity contribution in [3.63, 3.8) is 0 Å². The van der Waals surface area contributed by atoms with Gasteiger partial charge in [0.25, 0.3) is 0 Å². The maximum Gasteiger partial charge on any atom is 0.229 e. The number of benzene rings is 2. The number of nitrogens with zero attached hydrogens (tertiary/aromatic N) is 1. The molecule has 5 heteroatoms. The second-order valence-corrected chi connectivity index (χ2v) is 6.03. The average Bonchev–Trinajstić information content (AvgIpc) is 2.92. The number of likely N-dealkylation sites (tertiary alicyclic amines) is 1. The second-order valence-electron chi connectivity index (χ2n) is 5.62. The molecule has 1 aliphatic heterocycles. The largest absolute Gasteiger partial charge is 0.337 e. The lowest BCUT2D eigenvalue weighted by Gasteiger charge is -2.17. The SMILES string of the molecule is O=C(Nc1ccccc1)C1CC(=O)N(Cc2ccccc2Cl)C1. The van der Waals surface area contributed by atoms with Crippen molar-refractivity contribution in [2.45, 2.75) is 13.0 Å². The first kappa shape index (κ1) is 15.6. The fourth-order valence-electron chi connectivity index (χ4n) is 2.70. The molecular weight excluding hydrogens is 312 g/mol. The number of nitrogens with one attached hydrogen (secondary N) is 1. The number of hydrogen-bond acceptors (Lipinski definition) is 2. The molecule has 0 spiro atoms. The van der Waals surface area contributed by atoms with E-state index in [0.29, 0.717) is 18.1 Å². The van der Waals surface area contributed by atoms with Crippen LogP contribution in [0.4, 0.5) is 5.69 Å². The van der Waals surface area contributed by atoms with Crippen molar-refractivity contribution in [2.75, 3.05) is 11.9 Å². The summed E-state index contributed by atoms with van der Waals surface area (Å²) in [5.41, 5.74) is 1.64. The Balaban J connectivity index is 1.63. The van der Waals surface area contributed by atoms with Crippen LogP contribution in [-0.4, -0.2) is 23.3 Å². The Morgan fingerprint density at radius 2 is 1.83 bits per heavy atom. The molecule has 2 amide bonds. The van der Waals surface area contributed by atoms with Gasteiger partial charge in [-0.25, -0.2) is 0 Å². The first-order valence-corrected chi connectivity index (χ1v) is 7.88. The fraction of sp³-hybridized carbons (Fsp3) is 0.222. The molecule has 0 radical (unpaired) electrons. The zero-order valence-electron chi connectivity index (χ0n) is 12.5. The molecule has 2 aromatic carbocycles. The van der Waals surface area contributed by atoms with E-state index in [0.717, 1.165) is 11.3 Å². The van der Waals surface area contributed by atoms with Crippen LogP contribution in [0.3, 0.4) is 0 Å². The van der Waals surface area contributed by atoms with Crippen LogP contribution >= 0.6 is 11.6 Å². The molecule has 0 bridgehead atoms. The number of anilines is 1. The predicted octanol–water partition coefficient (Wildman–Crippen LogP) is 3.33. The Labute approximate surface area is 140 Å². The van der Waals surface area contributed by atoms with Crippen molar-refractivity contribution in [3.05, 3.63) is 65.2 Å². The minimum absolute atomic E-state index is 0.0156. The van der Waals surface area contributed by atoms with Crippen LogP contribution in [0.2, 0.25) is 5.02 Å². The third-order valence-corrected chi connectivity index (χ3v) is 4.31. The molecule has 118 valence electrons. The molecule has 1 aliphatic rings. The van der Waals surface area contributed by atoms with E-state index >= 15 is 0 Å². The summed E-state index contributed by atoms with van der Waals surface area (Å²) >= 11 is 6.14. The van der Waals surface area contributed by atoms with Gasteiger partial charge in [-0.1, -0.05) is 48.0 Å². The highest BCUT2D eigenvalue weighted by atomic mass is 35.5. The van der Waals surface area contributed by atoms with Crippen molar-refractivity contribution < 1.29 is 9.59 Å². The third kappa shape index (κ3) is 3.71. The standard InChI is InChI=1S/C18H17ClN2O2/c19-16-9-5-4-6-13(16)11-21-12-14(10-17(21)22)18(23)20-15-7-2-1-3-8-15/h1-9,14H,10-12H2,(H,20,23). The molecule has 0 saturated carbocycles. The van der Waals surface area contributed by atoms with Crippen molar-refractivity contribution in [3.8, 4) is 0 Å². The monoisotopic (exact) mass is 328 g/mol. The maximum absolute atomic E-state index is 12.3. The summed E-state index contributed by atoms with van der Waals surface area (Å²) in [4.78, 5) is 26.2. The zero-order valence-corrected chi connectivity index (χ0v) is 13.3. The summed E-state index contributed by atoms with van der Waals surface area (Å²) in [7, 11) is 0. The van der Waals surface area contributed by atoms with E-state index in [9.17, 15) is 9.59 Å². The van der Waals surface area contributed by atoms with Crippen LogP contribution in [0.1, 0.15) is 12.0 Å². The van der Waals surface area contributed by atoms with Crippen LogP contribution in [0.5, 0.6) is 0 Å². The summed E-state index contributed by atoms with van der Waals surface area (Å²) in [6.45, 7) is 0.857. The van der Waals surface area contributed by atoms with E-state index in [1.807, 2.05) is 48.5 Å². The first-order chi connectivity index (χ1) is 11.1. The summed E-state index contributed by atoms with van der Waals surface area (Å²) in [6, 6.07) is 16.7. The van der Waals surface area contributed by atoms with Crippen LogP contribution in [0.15, 0.2) is 54.6 Å². The second kappa shape index (κ2) is 6.84. The Kier molecular flexibility index (Phi) is 4.63. The number of halogens is 1. The minimum atomic E-state index is -0.329. The number of carbonyl (C=O) groups is 2. The number of hydrogen-bond donors (Lipinski definition) is 1. The molecule has 4 nitrogen and oxygen atoms in total. The number of carbonyl (C=O) groups excluding carboxylic acids is 2. The molecule has 1 atom stereocenters.